The summed E-state index contributed by atoms with van der Waals surface area (Å²) in [6.07, 6.45) is 0.105. The smallest absolute Gasteiger partial charge is 0.410 e. The summed E-state index contributed by atoms with van der Waals surface area (Å²) in [7, 11) is 0. The van der Waals surface area contributed by atoms with E-state index in [1.165, 1.54) is 4.90 Å². The fourth-order valence-corrected chi connectivity index (χ4v) is 2.87. The number of carboxylic acids is 1. The van der Waals surface area contributed by atoms with Gasteiger partial charge in [-0.3, -0.25) is 4.79 Å². The third-order valence-electron chi connectivity index (χ3n) is 3.94. The minimum Gasteiger partial charge on any atom is -0.481 e. The number of ether oxygens (including phenoxy) is 1. The number of aliphatic carboxylic acids is 1. The lowest BCUT2D eigenvalue weighted by atomic mass is 9.97. The van der Waals surface area contributed by atoms with Gasteiger partial charge in [0, 0.05) is 25.0 Å². The summed E-state index contributed by atoms with van der Waals surface area (Å²) in [6.45, 7) is 6.23. The van der Waals surface area contributed by atoms with E-state index >= 15 is 0 Å². The van der Waals surface area contributed by atoms with E-state index in [0.29, 0.717) is 19.5 Å². The number of fused-ring (bicyclic) bond motifs is 1. The van der Waals surface area contributed by atoms with E-state index in [4.69, 9.17) is 10.5 Å². The van der Waals surface area contributed by atoms with Gasteiger partial charge in [0.05, 0.1) is 5.41 Å². The van der Waals surface area contributed by atoms with E-state index in [2.05, 4.69) is 0 Å². The number of hydrogen-bond donors (Lipinski definition) is 2. The number of carbonyl (C=O) groups is 2. The number of likely N-dealkylation sites (tertiary alicyclic amines) is 1. The van der Waals surface area contributed by atoms with Crippen LogP contribution in [-0.2, 0) is 9.53 Å². The highest BCUT2D eigenvalue weighted by Crippen LogP contribution is 2.67. The first kappa shape index (κ1) is 13.1. The summed E-state index contributed by atoms with van der Waals surface area (Å²) in [4.78, 5) is 24.7. The molecule has 2 aliphatic rings. The zero-order valence-corrected chi connectivity index (χ0v) is 11.0. The standard InChI is InChI=1S/C12H20N2O4/c1-10(2,3)18-9(17)14-6-11(5-13)4-12(11,7-14)8(15)16/h4-7,13H2,1-3H3,(H,15,16). The van der Waals surface area contributed by atoms with Gasteiger partial charge in [-0.15, -0.1) is 0 Å². The van der Waals surface area contributed by atoms with Gasteiger partial charge in [0.25, 0.3) is 0 Å². The largest absolute Gasteiger partial charge is 0.481 e. The molecule has 2 atom stereocenters. The van der Waals surface area contributed by atoms with Crippen LogP contribution in [0, 0.1) is 10.8 Å². The second kappa shape index (κ2) is 3.60. The SMILES string of the molecule is CC(C)(C)OC(=O)N1CC2(CN)CC2(C(=O)O)C1. The highest BCUT2D eigenvalue weighted by atomic mass is 16.6. The molecule has 1 amide bonds. The van der Waals surface area contributed by atoms with E-state index in [9.17, 15) is 14.7 Å². The molecule has 0 aromatic carbocycles. The Balaban J connectivity index is 2.09. The van der Waals surface area contributed by atoms with Crippen molar-refractivity contribution in [1.29, 1.82) is 0 Å². The van der Waals surface area contributed by atoms with Crippen molar-refractivity contribution in [2.75, 3.05) is 19.6 Å². The van der Waals surface area contributed by atoms with Gasteiger partial charge < -0.3 is 20.5 Å². The molecule has 102 valence electrons. The van der Waals surface area contributed by atoms with Crippen molar-refractivity contribution in [2.24, 2.45) is 16.6 Å². The normalized spacial score (nSPS) is 34.1. The van der Waals surface area contributed by atoms with Gasteiger partial charge >= 0.3 is 12.1 Å². The van der Waals surface area contributed by atoms with Gasteiger partial charge in [0.15, 0.2) is 0 Å². The predicted octanol–water partition coefficient (Wildman–Crippen LogP) is 0.657. The number of rotatable bonds is 2. The third-order valence-corrected chi connectivity index (χ3v) is 3.94. The van der Waals surface area contributed by atoms with Gasteiger partial charge in [-0.05, 0) is 27.2 Å². The lowest BCUT2D eigenvalue weighted by molar-refractivity contribution is -0.144. The molecule has 1 aliphatic carbocycles. The zero-order chi connectivity index (χ0) is 13.8. The number of carboxylic acid groups (broad SMARTS) is 1. The monoisotopic (exact) mass is 256 g/mol. The van der Waals surface area contributed by atoms with Crippen LogP contribution < -0.4 is 5.73 Å². The number of nitrogens with two attached hydrogens (primary N) is 1. The maximum Gasteiger partial charge on any atom is 0.410 e. The average Bonchev–Trinajstić information content (AvgIpc) is 2.75. The second-order valence-electron chi connectivity index (χ2n) is 6.38. The maximum absolute atomic E-state index is 11.9. The fourth-order valence-electron chi connectivity index (χ4n) is 2.87. The van der Waals surface area contributed by atoms with Crippen molar-refractivity contribution in [1.82, 2.24) is 4.90 Å². The first-order chi connectivity index (χ1) is 8.16. The molecule has 1 saturated heterocycles. The molecular formula is C12H20N2O4. The summed E-state index contributed by atoms with van der Waals surface area (Å²) < 4.78 is 5.26. The molecule has 2 unspecified atom stereocenters. The number of nitrogens with zero attached hydrogens (tertiary/aromatic N) is 1. The molecular weight excluding hydrogens is 236 g/mol. The fraction of sp³-hybridized carbons (Fsp3) is 0.833. The van der Waals surface area contributed by atoms with Gasteiger partial charge in [0.2, 0.25) is 0 Å². The molecule has 6 heteroatoms. The maximum atomic E-state index is 11.9. The first-order valence-corrected chi connectivity index (χ1v) is 6.07. The van der Waals surface area contributed by atoms with Crippen LogP contribution in [0.2, 0.25) is 0 Å². The third kappa shape index (κ3) is 1.75. The molecule has 6 nitrogen and oxygen atoms in total. The number of piperidine rings is 1. The lowest BCUT2D eigenvalue weighted by Gasteiger charge is -2.26. The number of carbonyl (C=O) groups excluding carboxylic acids is 1. The first-order valence-electron chi connectivity index (χ1n) is 6.07. The Morgan fingerprint density at radius 3 is 2.39 bits per heavy atom. The van der Waals surface area contributed by atoms with Crippen LogP contribution in [0.3, 0.4) is 0 Å². The van der Waals surface area contributed by atoms with E-state index in [1.54, 1.807) is 20.8 Å². The topological polar surface area (TPSA) is 92.9 Å². The van der Waals surface area contributed by atoms with Gasteiger partial charge in [0.1, 0.15) is 5.60 Å². The highest BCUT2D eigenvalue weighted by molar-refractivity contribution is 5.83. The summed E-state index contributed by atoms with van der Waals surface area (Å²) in [5.41, 5.74) is 3.81. The van der Waals surface area contributed by atoms with Gasteiger partial charge in [-0.2, -0.15) is 0 Å². The Morgan fingerprint density at radius 1 is 1.39 bits per heavy atom. The van der Waals surface area contributed by atoms with E-state index in [-0.39, 0.29) is 6.54 Å². The van der Waals surface area contributed by atoms with Crippen molar-refractivity contribution in [3.63, 3.8) is 0 Å². The minimum absolute atomic E-state index is 0.203. The summed E-state index contributed by atoms with van der Waals surface area (Å²) in [5.74, 6) is -0.862. The molecule has 0 aromatic rings. The van der Waals surface area contributed by atoms with Crippen molar-refractivity contribution in [3.05, 3.63) is 0 Å². The van der Waals surface area contributed by atoms with Crippen molar-refractivity contribution < 1.29 is 19.4 Å². The molecule has 1 aliphatic heterocycles. The summed E-state index contributed by atoms with van der Waals surface area (Å²) in [5, 5.41) is 9.31. The molecule has 3 N–H and O–H groups in total. The zero-order valence-electron chi connectivity index (χ0n) is 11.0. The average molecular weight is 256 g/mol. The van der Waals surface area contributed by atoms with Gasteiger partial charge in [-0.25, -0.2) is 4.79 Å². The Kier molecular flexibility index (Phi) is 2.63. The molecule has 0 bridgehead atoms. The van der Waals surface area contributed by atoms with Crippen LogP contribution >= 0.6 is 0 Å². The van der Waals surface area contributed by atoms with Crippen LogP contribution in [0.15, 0.2) is 0 Å². The molecule has 0 radical (unpaired) electrons. The number of amides is 1. The van der Waals surface area contributed by atoms with Crippen LogP contribution in [-0.4, -0.2) is 47.3 Å². The molecule has 2 fully saturated rings. The summed E-state index contributed by atoms with van der Waals surface area (Å²) >= 11 is 0. The summed E-state index contributed by atoms with van der Waals surface area (Å²) in [6, 6.07) is 0. The minimum atomic E-state index is -0.862. The molecule has 1 heterocycles. The van der Waals surface area contributed by atoms with Crippen LogP contribution in [0.4, 0.5) is 4.79 Å². The van der Waals surface area contributed by atoms with Crippen molar-refractivity contribution in [3.8, 4) is 0 Å². The van der Waals surface area contributed by atoms with Crippen molar-refractivity contribution in [2.45, 2.75) is 32.8 Å². The molecule has 18 heavy (non-hydrogen) atoms. The number of hydrogen-bond acceptors (Lipinski definition) is 4. The molecule has 0 aromatic heterocycles. The van der Waals surface area contributed by atoms with Gasteiger partial charge in [-0.1, -0.05) is 0 Å². The van der Waals surface area contributed by atoms with Crippen LogP contribution in [0.5, 0.6) is 0 Å². The Labute approximate surface area is 106 Å². The highest BCUT2D eigenvalue weighted by Gasteiger charge is 2.76. The molecule has 1 saturated carbocycles. The predicted molar refractivity (Wildman–Crippen MR) is 64.0 cm³/mol. The van der Waals surface area contributed by atoms with Crippen LogP contribution in [0.25, 0.3) is 0 Å². The van der Waals surface area contributed by atoms with E-state index in [0.717, 1.165) is 0 Å². The van der Waals surface area contributed by atoms with E-state index in [1.807, 2.05) is 0 Å². The van der Waals surface area contributed by atoms with Crippen LogP contribution in [0.1, 0.15) is 27.2 Å². The van der Waals surface area contributed by atoms with Crippen molar-refractivity contribution >= 4 is 12.1 Å². The lowest BCUT2D eigenvalue weighted by Crippen LogP contribution is -2.38. The second-order valence-corrected chi connectivity index (χ2v) is 6.38. The molecule has 2 rings (SSSR count). The van der Waals surface area contributed by atoms with E-state index < -0.39 is 28.5 Å². The quantitative estimate of drug-likeness (QED) is 0.757. The Morgan fingerprint density at radius 2 is 2.00 bits per heavy atom. The Hall–Kier alpha value is -1.30. The molecule has 0 spiro atoms. The Bertz CT molecular complexity index is 403.